The lowest BCUT2D eigenvalue weighted by Gasteiger charge is -2.11. The number of aromatic hydroxyl groups is 2. The van der Waals surface area contributed by atoms with E-state index in [1.807, 2.05) is 39.8 Å². The van der Waals surface area contributed by atoms with E-state index in [1.165, 1.54) is 0 Å². The second-order valence-electron chi connectivity index (χ2n) is 6.07. The van der Waals surface area contributed by atoms with Gasteiger partial charge in [-0.1, -0.05) is 0 Å². The van der Waals surface area contributed by atoms with Crippen LogP contribution in [-0.4, -0.2) is 22.4 Å². The number of rotatable bonds is 4. The SMILES string of the molecule is CC(C)Oc1cc2sc3cc(OC(C)C)c(O)cc3c2cc1O. The number of hydrogen-bond acceptors (Lipinski definition) is 5. The Morgan fingerprint density at radius 2 is 1.13 bits per heavy atom. The van der Waals surface area contributed by atoms with E-state index in [9.17, 15) is 10.2 Å². The number of phenolic OH excluding ortho intramolecular Hbond substituents is 2. The molecule has 0 unspecified atom stereocenters. The summed E-state index contributed by atoms with van der Waals surface area (Å²) >= 11 is 1.58. The van der Waals surface area contributed by atoms with E-state index in [4.69, 9.17) is 9.47 Å². The first-order valence-corrected chi connectivity index (χ1v) is 8.42. The van der Waals surface area contributed by atoms with Gasteiger partial charge in [0.15, 0.2) is 23.0 Å². The summed E-state index contributed by atoms with van der Waals surface area (Å²) in [5.74, 6) is 1.16. The van der Waals surface area contributed by atoms with Gasteiger partial charge < -0.3 is 19.7 Å². The Morgan fingerprint density at radius 3 is 1.48 bits per heavy atom. The molecule has 0 spiro atoms. The van der Waals surface area contributed by atoms with Crippen LogP contribution in [0.2, 0.25) is 0 Å². The zero-order valence-electron chi connectivity index (χ0n) is 13.6. The number of phenols is 2. The average Bonchev–Trinajstić information content (AvgIpc) is 2.75. The molecular weight excluding hydrogens is 312 g/mol. The van der Waals surface area contributed by atoms with E-state index >= 15 is 0 Å². The minimum atomic E-state index is -0.0113. The Balaban J connectivity index is 2.17. The fourth-order valence-electron chi connectivity index (χ4n) is 2.50. The highest BCUT2D eigenvalue weighted by Crippen LogP contribution is 2.44. The molecule has 0 saturated carbocycles. The summed E-state index contributed by atoms with van der Waals surface area (Å²) in [5, 5.41) is 22.1. The first kappa shape index (κ1) is 15.7. The quantitative estimate of drug-likeness (QED) is 0.702. The fraction of sp³-hybridized carbons (Fsp3) is 0.333. The summed E-state index contributed by atoms with van der Waals surface area (Å²) in [6, 6.07) is 7.06. The normalized spacial score (nSPS) is 11.7. The monoisotopic (exact) mass is 332 g/mol. The first-order chi connectivity index (χ1) is 10.8. The van der Waals surface area contributed by atoms with Gasteiger partial charge in [0.05, 0.1) is 12.2 Å². The van der Waals surface area contributed by atoms with Crippen LogP contribution in [0, 0.1) is 0 Å². The lowest BCUT2D eigenvalue weighted by molar-refractivity contribution is 0.232. The Morgan fingerprint density at radius 1 is 0.739 bits per heavy atom. The zero-order valence-corrected chi connectivity index (χ0v) is 14.4. The largest absolute Gasteiger partial charge is 0.504 e. The maximum Gasteiger partial charge on any atom is 0.162 e. The smallest absolute Gasteiger partial charge is 0.162 e. The third-order valence-electron chi connectivity index (χ3n) is 3.36. The van der Waals surface area contributed by atoms with Crippen LogP contribution in [0.5, 0.6) is 23.0 Å². The molecule has 4 nitrogen and oxygen atoms in total. The number of ether oxygens (including phenoxy) is 2. The van der Waals surface area contributed by atoms with Crippen LogP contribution in [0.25, 0.3) is 20.2 Å². The van der Waals surface area contributed by atoms with Crippen LogP contribution in [0.4, 0.5) is 0 Å². The maximum absolute atomic E-state index is 10.2. The molecule has 2 aromatic carbocycles. The van der Waals surface area contributed by atoms with Gasteiger partial charge in [0.2, 0.25) is 0 Å². The maximum atomic E-state index is 10.2. The van der Waals surface area contributed by atoms with Crippen molar-refractivity contribution in [2.45, 2.75) is 39.9 Å². The second-order valence-corrected chi connectivity index (χ2v) is 7.15. The highest BCUT2D eigenvalue weighted by Gasteiger charge is 2.15. The Kier molecular flexibility index (Phi) is 3.98. The van der Waals surface area contributed by atoms with Gasteiger partial charge in [0.1, 0.15) is 0 Å². The van der Waals surface area contributed by atoms with Gasteiger partial charge in [-0.15, -0.1) is 11.3 Å². The van der Waals surface area contributed by atoms with Gasteiger partial charge >= 0.3 is 0 Å². The minimum Gasteiger partial charge on any atom is -0.504 e. The topological polar surface area (TPSA) is 58.9 Å². The van der Waals surface area contributed by atoms with E-state index < -0.39 is 0 Å². The lowest BCUT2D eigenvalue weighted by atomic mass is 10.1. The molecule has 3 rings (SSSR count). The summed E-state index contributed by atoms with van der Waals surface area (Å²) < 4.78 is 13.3. The van der Waals surface area contributed by atoms with Crippen LogP contribution in [0.15, 0.2) is 24.3 Å². The molecule has 2 N–H and O–H groups in total. The van der Waals surface area contributed by atoms with Crippen molar-refractivity contribution in [3.05, 3.63) is 24.3 Å². The molecule has 0 aliphatic rings. The van der Waals surface area contributed by atoms with Crippen LogP contribution in [0.3, 0.4) is 0 Å². The minimum absolute atomic E-state index is 0.0113. The molecule has 0 atom stereocenters. The van der Waals surface area contributed by atoms with E-state index in [0.717, 1.165) is 20.2 Å². The molecule has 0 aliphatic carbocycles. The fourth-order valence-corrected chi connectivity index (χ4v) is 3.63. The Bertz CT molecular complexity index is 794. The Labute approximate surface area is 138 Å². The van der Waals surface area contributed by atoms with E-state index in [1.54, 1.807) is 23.5 Å². The first-order valence-electron chi connectivity index (χ1n) is 7.60. The van der Waals surface area contributed by atoms with Crippen molar-refractivity contribution in [2.75, 3.05) is 0 Å². The van der Waals surface area contributed by atoms with Crippen molar-refractivity contribution in [3.8, 4) is 23.0 Å². The summed E-state index contributed by atoms with van der Waals surface area (Å²) in [4.78, 5) is 0. The van der Waals surface area contributed by atoms with Crippen LogP contribution in [-0.2, 0) is 0 Å². The zero-order chi connectivity index (χ0) is 16.7. The molecule has 0 fully saturated rings. The highest BCUT2D eigenvalue weighted by atomic mass is 32.1. The van der Waals surface area contributed by atoms with Gasteiger partial charge in [-0.3, -0.25) is 0 Å². The molecular formula is C18H20O4S. The van der Waals surface area contributed by atoms with Crippen molar-refractivity contribution >= 4 is 31.5 Å². The third kappa shape index (κ3) is 3.01. The average molecular weight is 332 g/mol. The molecule has 0 saturated heterocycles. The lowest BCUT2D eigenvalue weighted by Crippen LogP contribution is -2.05. The van der Waals surface area contributed by atoms with Crippen LogP contribution < -0.4 is 9.47 Å². The van der Waals surface area contributed by atoms with Gasteiger partial charge in [-0.25, -0.2) is 0 Å². The number of thiophene rings is 1. The van der Waals surface area contributed by atoms with Crippen LogP contribution in [0.1, 0.15) is 27.7 Å². The van der Waals surface area contributed by atoms with Crippen molar-refractivity contribution in [3.63, 3.8) is 0 Å². The molecule has 0 aliphatic heterocycles. The van der Waals surface area contributed by atoms with Crippen LogP contribution >= 0.6 is 11.3 Å². The van der Waals surface area contributed by atoms with Gasteiger partial charge in [-0.05, 0) is 39.8 Å². The molecule has 0 bridgehead atoms. The molecule has 5 heteroatoms. The van der Waals surface area contributed by atoms with Gasteiger partial charge in [0.25, 0.3) is 0 Å². The number of benzene rings is 2. The second kappa shape index (κ2) is 5.81. The van der Waals surface area contributed by atoms with Crippen molar-refractivity contribution < 1.29 is 19.7 Å². The summed E-state index contributed by atoms with van der Waals surface area (Å²) in [6.45, 7) is 7.68. The third-order valence-corrected chi connectivity index (χ3v) is 4.47. The van der Waals surface area contributed by atoms with Gasteiger partial charge in [-0.2, -0.15) is 0 Å². The number of hydrogen-bond donors (Lipinski definition) is 2. The number of fused-ring (bicyclic) bond motifs is 3. The summed E-state index contributed by atoms with van der Waals surface area (Å²) in [7, 11) is 0. The van der Waals surface area contributed by atoms with Crippen molar-refractivity contribution in [1.29, 1.82) is 0 Å². The van der Waals surface area contributed by atoms with Crippen molar-refractivity contribution in [1.82, 2.24) is 0 Å². The molecule has 23 heavy (non-hydrogen) atoms. The Hall–Kier alpha value is -2.14. The molecule has 0 radical (unpaired) electrons. The molecule has 3 aromatic rings. The van der Waals surface area contributed by atoms with E-state index in [-0.39, 0.29) is 23.7 Å². The standard InChI is InChI=1S/C18H20O4S/c1-9(2)21-15-7-17-11(5-13(15)19)12-6-14(20)16(22-10(3)4)8-18(12)23-17/h5-10,19-20H,1-4H3. The molecule has 1 heterocycles. The highest BCUT2D eigenvalue weighted by molar-refractivity contribution is 7.25. The van der Waals surface area contributed by atoms with E-state index in [2.05, 4.69) is 0 Å². The summed E-state index contributed by atoms with van der Waals surface area (Å²) in [5.41, 5.74) is 0. The van der Waals surface area contributed by atoms with E-state index in [0.29, 0.717) is 11.5 Å². The molecule has 0 amide bonds. The molecule has 122 valence electrons. The predicted octanol–water partition coefficient (Wildman–Crippen LogP) is 5.04. The predicted molar refractivity (Wildman–Crippen MR) is 94.2 cm³/mol. The van der Waals surface area contributed by atoms with Gasteiger partial charge in [0, 0.05) is 32.3 Å². The molecule has 1 aromatic heterocycles. The summed E-state index contributed by atoms with van der Waals surface area (Å²) in [6.07, 6.45) is -0.0226. The van der Waals surface area contributed by atoms with Crippen molar-refractivity contribution in [2.24, 2.45) is 0 Å².